The standard InChI is InChI=1S/C17H30N2O2/c1-2-13-5-3-6-15(13)18-11-8-14(9-12-18)19-10-4-7-16(19)17(20)21/h13-16H,2-12H2,1H3,(H,20,21). The number of carboxylic acid groups (broad SMARTS) is 1. The maximum Gasteiger partial charge on any atom is 0.320 e. The molecular weight excluding hydrogens is 264 g/mol. The van der Waals surface area contributed by atoms with Gasteiger partial charge in [-0.1, -0.05) is 19.8 Å². The third kappa shape index (κ3) is 3.11. The van der Waals surface area contributed by atoms with E-state index in [1.807, 2.05) is 0 Å². The number of hydrogen-bond acceptors (Lipinski definition) is 3. The Morgan fingerprint density at radius 2 is 1.81 bits per heavy atom. The van der Waals surface area contributed by atoms with Gasteiger partial charge in [-0.05, 0) is 64.1 Å². The fourth-order valence-corrected chi connectivity index (χ4v) is 5.01. The number of piperidine rings is 1. The molecule has 120 valence electrons. The topological polar surface area (TPSA) is 43.8 Å². The zero-order chi connectivity index (χ0) is 14.8. The van der Waals surface area contributed by atoms with Crippen molar-refractivity contribution in [3.8, 4) is 0 Å². The third-order valence-electron chi connectivity index (χ3n) is 6.16. The van der Waals surface area contributed by atoms with Gasteiger partial charge in [-0.25, -0.2) is 0 Å². The van der Waals surface area contributed by atoms with Crippen LogP contribution in [0, 0.1) is 5.92 Å². The van der Waals surface area contributed by atoms with Crippen molar-refractivity contribution in [2.75, 3.05) is 19.6 Å². The summed E-state index contributed by atoms with van der Waals surface area (Å²) in [5.74, 6) is 0.289. The molecule has 0 bridgehead atoms. The van der Waals surface area contributed by atoms with Crippen LogP contribution in [0.25, 0.3) is 0 Å². The van der Waals surface area contributed by atoms with Gasteiger partial charge in [0.15, 0.2) is 0 Å². The summed E-state index contributed by atoms with van der Waals surface area (Å²) in [5, 5.41) is 9.35. The molecule has 2 heterocycles. The van der Waals surface area contributed by atoms with Crippen molar-refractivity contribution in [2.45, 2.75) is 76.4 Å². The van der Waals surface area contributed by atoms with E-state index in [0.717, 1.165) is 44.2 Å². The van der Waals surface area contributed by atoms with Gasteiger partial charge in [0.25, 0.3) is 0 Å². The second-order valence-corrected chi connectivity index (χ2v) is 7.17. The summed E-state index contributed by atoms with van der Waals surface area (Å²) < 4.78 is 0. The van der Waals surface area contributed by atoms with Gasteiger partial charge in [-0.3, -0.25) is 14.6 Å². The molecule has 3 fully saturated rings. The van der Waals surface area contributed by atoms with Crippen LogP contribution in [-0.2, 0) is 4.79 Å². The summed E-state index contributed by atoms with van der Waals surface area (Å²) in [4.78, 5) is 16.4. The van der Waals surface area contributed by atoms with Crippen LogP contribution in [-0.4, -0.2) is 58.6 Å². The number of rotatable bonds is 4. The van der Waals surface area contributed by atoms with Gasteiger partial charge in [0.05, 0.1) is 0 Å². The number of nitrogens with zero attached hydrogens (tertiary/aromatic N) is 2. The Bertz CT molecular complexity index is 366. The molecule has 1 aliphatic carbocycles. The number of hydrogen-bond donors (Lipinski definition) is 1. The quantitative estimate of drug-likeness (QED) is 0.865. The zero-order valence-corrected chi connectivity index (χ0v) is 13.3. The van der Waals surface area contributed by atoms with Gasteiger partial charge in [0.1, 0.15) is 6.04 Å². The smallest absolute Gasteiger partial charge is 0.320 e. The lowest BCUT2D eigenvalue weighted by Gasteiger charge is -2.42. The number of carboxylic acids is 1. The minimum absolute atomic E-state index is 0.212. The molecule has 1 saturated carbocycles. The van der Waals surface area contributed by atoms with Gasteiger partial charge < -0.3 is 5.11 Å². The Hall–Kier alpha value is -0.610. The van der Waals surface area contributed by atoms with Crippen molar-refractivity contribution in [1.82, 2.24) is 9.80 Å². The molecule has 0 aromatic carbocycles. The van der Waals surface area contributed by atoms with E-state index in [1.54, 1.807) is 0 Å². The van der Waals surface area contributed by atoms with Crippen LogP contribution in [0.15, 0.2) is 0 Å². The molecular formula is C17H30N2O2. The largest absolute Gasteiger partial charge is 0.480 e. The van der Waals surface area contributed by atoms with Crippen LogP contribution < -0.4 is 0 Å². The highest BCUT2D eigenvalue weighted by atomic mass is 16.4. The molecule has 2 aliphatic heterocycles. The molecule has 3 atom stereocenters. The number of likely N-dealkylation sites (tertiary alicyclic amines) is 2. The van der Waals surface area contributed by atoms with Crippen molar-refractivity contribution in [1.29, 1.82) is 0 Å². The molecule has 4 nitrogen and oxygen atoms in total. The Kier molecular flexibility index (Phi) is 4.85. The van der Waals surface area contributed by atoms with Gasteiger partial charge in [0, 0.05) is 12.1 Å². The van der Waals surface area contributed by atoms with E-state index in [-0.39, 0.29) is 6.04 Å². The average molecular weight is 294 g/mol. The Morgan fingerprint density at radius 1 is 1.05 bits per heavy atom. The summed E-state index contributed by atoms with van der Waals surface area (Å²) in [7, 11) is 0. The Morgan fingerprint density at radius 3 is 2.48 bits per heavy atom. The molecule has 0 spiro atoms. The van der Waals surface area contributed by atoms with Crippen LogP contribution in [0.3, 0.4) is 0 Å². The highest BCUT2D eigenvalue weighted by Gasteiger charge is 2.38. The lowest BCUT2D eigenvalue weighted by atomic mass is 9.95. The molecule has 2 saturated heterocycles. The highest BCUT2D eigenvalue weighted by molar-refractivity contribution is 5.73. The van der Waals surface area contributed by atoms with Crippen LogP contribution in [0.2, 0.25) is 0 Å². The van der Waals surface area contributed by atoms with Crippen molar-refractivity contribution in [3.63, 3.8) is 0 Å². The molecule has 0 aromatic rings. The normalized spacial score (nSPS) is 36.3. The fraction of sp³-hybridized carbons (Fsp3) is 0.941. The molecule has 0 aromatic heterocycles. The third-order valence-corrected chi connectivity index (χ3v) is 6.16. The van der Waals surface area contributed by atoms with Crippen molar-refractivity contribution >= 4 is 5.97 Å². The molecule has 3 rings (SSSR count). The SMILES string of the molecule is CCC1CCCC1N1CCC(N2CCCC2C(=O)O)CC1. The minimum atomic E-state index is -0.614. The molecule has 3 aliphatic rings. The summed E-state index contributed by atoms with van der Waals surface area (Å²) in [6.07, 6.45) is 9.73. The number of carbonyl (C=O) groups is 1. The number of aliphatic carboxylic acids is 1. The van der Waals surface area contributed by atoms with Crippen LogP contribution in [0.1, 0.15) is 58.3 Å². The van der Waals surface area contributed by atoms with E-state index >= 15 is 0 Å². The Labute approximate surface area is 128 Å². The van der Waals surface area contributed by atoms with E-state index < -0.39 is 5.97 Å². The molecule has 0 amide bonds. The lowest BCUT2D eigenvalue weighted by molar-refractivity contribution is -0.143. The fourth-order valence-electron chi connectivity index (χ4n) is 5.01. The second kappa shape index (κ2) is 6.66. The molecule has 4 heteroatoms. The van der Waals surface area contributed by atoms with Gasteiger partial charge in [-0.15, -0.1) is 0 Å². The van der Waals surface area contributed by atoms with E-state index in [4.69, 9.17) is 0 Å². The molecule has 1 N–H and O–H groups in total. The van der Waals surface area contributed by atoms with Gasteiger partial charge >= 0.3 is 5.97 Å². The van der Waals surface area contributed by atoms with E-state index in [1.165, 1.54) is 38.8 Å². The predicted octanol–water partition coefficient (Wildman–Crippen LogP) is 2.58. The van der Waals surface area contributed by atoms with E-state index in [9.17, 15) is 9.90 Å². The summed E-state index contributed by atoms with van der Waals surface area (Å²) in [6.45, 7) is 5.67. The van der Waals surface area contributed by atoms with Crippen LogP contribution in [0.4, 0.5) is 0 Å². The lowest BCUT2D eigenvalue weighted by Crippen LogP contribution is -2.51. The van der Waals surface area contributed by atoms with E-state index in [0.29, 0.717) is 6.04 Å². The maximum absolute atomic E-state index is 11.4. The molecule has 21 heavy (non-hydrogen) atoms. The monoisotopic (exact) mass is 294 g/mol. The second-order valence-electron chi connectivity index (χ2n) is 7.17. The predicted molar refractivity (Wildman–Crippen MR) is 83.4 cm³/mol. The first kappa shape index (κ1) is 15.3. The van der Waals surface area contributed by atoms with Crippen molar-refractivity contribution < 1.29 is 9.90 Å². The first-order valence-electron chi connectivity index (χ1n) is 8.93. The minimum Gasteiger partial charge on any atom is -0.480 e. The summed E-state index contributed by atoms with van der Waals surface area (Å²) >= 11 is 0. The summed E-state index contributed by atoms with van der Waals surface area (Å²) in [6, 6.07) is 1.10. The highest BCUT2D eigenvalue weighted by Crippen LogP contribution is 2.35. The zero-order valence-electron chi connectivity index (χ0n) is 13.3. The van der Waals surface area contributed by atoms with Crippen molar-refractivity contribution in [2.24, 2.45) is 5.92 Å². The Balaban J connectivity index is 1.54. The first-order valence-corrected chi connectivity index (χ1v) is 8.93. The molecule has 3 unspecified atom stereocenters. The van der Waals surface area contributed by atoms with Crippen molar-refractivity contribution in [3.05, 3.63) is 0 Å². The maximum atomic E-state index is 11.4. The van der Waals surface area contributed by atoms with Crippen LogP contribution >= 0.6 is 0 Å². The van der Waals surface area contributed by atoms with Gasteiger partial charge in [-0.2, -0.15) is 0 Å². The average Bonchev–Trinajstić information content (AvgIpc) is 3.16. The summed E-state index contributed by atoms with van der Waals surface area (Å²) in [5.41, 5.74) is 0. The van der Waals surface area contributed by atoms with Gasteiger partial charge in [0.2, 0.25) is 0 Å². The van der Waals surface area contributed by atoms with E-state index in [2.05, 4.69) is 16.7 Å². The molecule has 0 radical (unpaired) electrons. The first-order chi connectivity index (χ1) is 10.2. The van der Waals surface area contributed by atoms with Crippen LogP contribution in [0.5, 0.6) is 0 Å².